The number of hydrogen-bond acceptors (Lipinski definition) is 3. The van der Waals surface area contributed by atoms with Crippen LogP contribution in [0.1, 0.15) is 0 Å². The molecular formula is C19H12ClN3O2. The number of nitrogens with one attached hydrogen (secondary N) is 1. The second-order valence-corrected chi connectivity index (χ2v) is 5.99. The number of pyridine rings is 1. The van der Waals surface area contributed by atoms with Gasteiger partial charge in [0.2, 0.25) is 0 Å². The molecular weight excluding hydrogens is 338 g/mol. The van der Waals surface area contributed by atoms with Crippen LogP contribution in [0.5, 0.6) is 0 Å². The van der Waals surface area contributed by atoms with Crippen LogP contribution in [-0.4, -0.2) is 14.5 Å². The van der Waals surface area contributed by atoms with Crippen LogP contribution in [0.2, 0.25) is 5.02 Å². The number of H-pyrrole nitrogens is 1. The summed E-state index contributed by atoms with van der Waals surface area (Å²) in [7, 11) is 0. The first kappa shape index (κ1) is 15.4. The molecule has 5 nitrogen and oxygen atoms in total. The summed E-state index contributed by atoms with van der Waals surface area (Å²) in [6, 6.07) is 15.8. The number of fused-ring (bicyclic) bond motifs is 1. The van der Waals surface area contributed by atoms with E-state index >= 15 is 0 Å². The van der Waals surface area contributed by atoms with Gasteiger partial charge in [-0.1, -0.05) is 48.0 Å². The van der Waals surface area contributed by atoms with Gasteiger partial charge in [-0.05, 0) is 17.7 Å². The van der Waals surface area contributed by atoms with E-state index in [1.165, 1.54) is 12.3 Å². The molecule has 6 heteroatoms. The lowest BCUT2D eigenvalue weighted by atomic mass is 10.1. The molecule has 0 bridgehead atoms. The molecule has 4 rings (SSSR count). The number of hydrogen-bond donors (Lipinski definition) is 1. The summed E-state index contributed by atoms with van der Waals surface area (Å²) in [4.78, 5) is 32.1. The minimum Gasteiger partial charge on any atom is -0.306 e. The predicted octanol–water partition coefficient (Wildman–Crippen LogP) is 3.39. The Kier molecular flexibility index (Phi) is 3.71. The SMILES string of the molecule is O=c1cc(-c2cccc(Cl)c2)[nH]c(=O)n1-c1cncc2ccccc12. The normalized spacial score (nSPS) is 10.9. The van der Waals surface area contributed by atoms with E-state index < -0.39 is 11.2 Å². The van der Waals surface area contributed by atoms with Crippen LogP contribution in [-0.2, 0) is 0 Å². The third kappa shape index (κ3) is 2.75. The van der Waals surface area contributed by atoms with Gasteiger partial charge in [-0.3, -0.25) is 9.78 Å². The second kappa shape index (κ2) is 6.03. The molecule has 2 aromatic heterocycles. The summed E-state index contributed by atoms with van der Waals surface area (Å²) in [5.74, 6) is 0. The van der Waals surface area contributed by atoms with E-state index in [0.717, 1.165) is 15.3 Å². The number of halogens is 1. The van der Waals surface area contributed by atoms with Gasteiger partial charge >= 0.3 is 5.69 Å². The van der Waals surface area contributed by atoms with Crippen molar-refractivity contribution in [3.05, 3.63) is 92.9 Å². The van der Waals surface area contributed by atoms with Crippen molar-refractivity contribution in [1.82, 2.24) is 14.5 Å². The molecule has 25 heavy (non-hydrogen) atoms. The van der Waals surface area contributed by atoms with E-state index in [4.69, 9.17) is 11.6 Å². The first-order valence-electron chi connectivity index (χ1n) is 7.59. The smallest absolute Gasteiger partial charge is 0.306 e. The highest BCUT2D eigenvalue weighted by atomic mass is 35.5. The number of aromatic nitrogens is 3. The van der Waals surface area contributed by atoms with Crippen LogP contribution in [0.3, 0.4) is 0 Å². The quantitative estimate of drug-likeness (QED) is 0.603. The molecule has 2 aromatic carbocycles. The van der Waals surface area contributed by atoms with Crippen LogP contribution in [0.4, 0.5) is 0 Å². The van der Waals surface area contributed by atoms with Gasteiger partial charge in [-0.25, -0.2) is 9.36 Å². The molecule has 2 heterocycles. The van der Waals surface area contributed by atoms with E-state index in [0.29, 0.717) is 22.0 Å². The zero-order valence-corrected chi connectivity index (χ0v) is 13.7. The lowest BCUT2D eigenvalue weighted by Gasteiger charge is -2.09. The molecule has 0 saturated heterocycles. The minimum atomic E-state index is -0.527. The van der Waals surface area contributed by atoms with Gasteiger partial charge < -0.3 is 4.98 Å². The summed E-state index contributed by atoms with van der Waals surface area (Å²) in [5.41, 5.74) is 0.575. The Morgan fingerprint density at radius 1 is 0.960 bits per heavy atom. The van der Waals surface area contributed by atoms with Crippen molar-refractivity contribution in [3.8, 4) is 16.9 Å². The molecule has 0 aliphatic heterocycles. The van der Waals surface area contributed by atoms with Crippen molar-refractivity contribution in [3.63, 3.8) is 0 Å². The van der Waals surface area contributed by atoms with Crippen molar-refractivity contribution >= 4 is 22.4 Å². The van der Waals surface area contributed by atoms with Gasteiger partial charge in [-0.15, -0.1) is 0 Å². The van der Waals surface area contributed by atoms with Gasteiger partial charge in [0.25, 0.3) is 5.56 Å². The Hall–Kier alpha value is -3.18. The van der Waals surface area contributed by atoms with E-state index in [9.17, 15) is 9.59 Å². The van der Waals surface area contributed by atoms with Gasteiger partial charge in [0.15, 0.2) is 0 Å². The molecule has 0 aliphatic carbocycles. The third-order valence-electron chi connectivity index (χ3n) is 3.96. The Labute approximate surface area is 147 Å². The average molecular weight is 350 g/mol. The topological polar surface area (TPSA) is 67.8 Å². The summed E-state index contributed by atoms with van der Waals surface area (Å²) in [6.45, 7) is 0. The van der Waals surface area contributed by atoms with E-state index in [2.05, 4.69) is 9.97 Å². The number of aromatic amines is 1. The number of nitrogens with zero attached hydrogens (tertiary/aromatic N) is 2. The fourth-order valence-corrected chi connectivity index (χ4v) is 3.00. The number of benzene rings is 2. The summed E-state index contributed by atoms with van der Waals surface area (Å²) < 4.78 is 1.09. The summed E-state index contributed by atoms with van der Waals surface area (Å²) in [5, 5.41) is 2.16. The fraction of sp³-hybridized carbons (Fsp3) is 0. The van der Waals surface area contributed by atoms with Crippen molar-refractivity contribution in [2.24, 2.45) is 0 Å². The van der Waals surface area contributed by atoms with E-state index in [1.807, 2.05) is 24.3 Å². The second-order valence-electron chi connectivity index (χ2n) is 5.55. The molecule has 122 valence electrons. The maximum Gasteiger partial charge on any atom is 0.333 e. The zero-order chi connectivity index (χ0) is 17.4. The van der Waals surface area contributed by atoms with Crippen LogP contribution >= 0.6 is 11.6 Å². The predicted molar refractivity (Wildman–Crippen MR) is 98.4 cm³/mol. The molecule has 0 unspecified atom stereocenters. The maximum atomic E-state index is 12.6. The number of rotatable bonds is 2. The highest BCUT2D eigenvalue weighted by Crippen LogP contribution is 2.21. The van der Waals surface area contributed by atoms with Crippen LogP contribution < -0.4 is 11.2 Å². The monoisotopic (exact) mass is 349 g/mol. The molecule has 0 atom stereocenters. The lowest BCUT2D eigenvalue weighted by molar-refractivity contribution is 0.880. The van der Waals surface area contributed by atoms with Gasteiger partial charge in [0.1, 0.15) is 0 Å². The maximum absolute atomic E-state index is 12.6. The third-order valence-corrected chi connectivity index (χ3v) is 4.19. The van der Waals surface area contributed by atoms with Gasteiger partial charge in [0, 0.05) is 28.1 Å². The Morgan fingerprint density at radius 3 is 2.60 bits per heavy atom. The Morgan fingerprint density at radius 2 is 1.80 bits per heavy atom. The van der Waals surface area contributed by atoms with Crippen LogP contribution in [0.25, 0.3) is 27.7 Å². The van der Waals surface area contributed by atoms with Crippen molar-refractivity contribution < 1.29 is 0 Å². The molecule has 0 spiro atoms. The van der Waals surface area contributed by atoms with E-state index in [-0.39, 0.29) is 0 Å². The first-order valence-corrected chi connectivity index (χ1v) is 7.97. The molecule has 1 N–H and O–H groups in total. The molecule has 0 aliphatic rings. The fourth-order valence-electron chi connectivity index (χ4n) is 2.81. The molecule has 4 aromatic rings. The highest BCUT2D eigenvalue weighted by molar-refractivity contribution is 6.30. The minimum absolute atomic E-state index is 0.418. The molecule has 0 radical (unpaired) electrons. The largest absolute Gasteiger partial charge is 0.333 e. The average Bonchev–Trinajstić information content (AvgIpc) is 2.61. The molecule has 0 amide bonds. The summed E-state index contributed by atoms with van der Waals surface area (Å²) >= 11 is 5.98. The van der Waals surface area contributed by atoms with Crippen LogP contribution in [0.15, 0.2) is 76.6 Å². The standard InChI is InChI=1S/C19H12ClN3O2/c20-14-6-3-5-12(8-14)16-9-18(24)23(19(25)22-16)17-11-21-10-13-4-1-2-7-15(13)17/h1-11H,(H,22,25). The van der Waals surface area contributed by atoms with Crippen molar-refractivity contribution in [2.75, 3.05) is 0 Å². The molecule has 0 fully saturated rings. The van der Waals surface area contributed by atoms with Crippen molar-refractivity contribution in [2.45, 2.75) is 0 Å². The van der Waals surface area contributed by atoms with Crippen molar-refractivity contribution in [1.29, 1.82) is 0 Å². The Bertz CT molecular complexity index is 1170. The zero-order valence-electron chi connectivity index (χ0n) is 12.9. The van der Waals surface area contributed by atoms with Crippen LogP contribution in [0, 0.1) is 0 Å². The first-order chi connectivity index (χ1) is 12.1. The summed E-state index contributed by atoms with van der Waals surface area (Å²) in [6.07, 6.45) is 3.20. The highest BCUT2D eigenvalue weighted by Gasteiger charge is 2.11. The van der Waals surface area contributed by atoms with Gasteiger partial charge in [-0.2, -0.15) is 0 Å². The van der Waals surface area contributed by atoms with E-state index in [1.54, 1.807) is 30.5 Å². The van der Waals surface area contributed by atoms with Gasteiger partial charge in [0.05, 0.1) is 17.6 Å². The lowest BCUT2D eigenvalue weighted by Crippen LogP contribution is -2.33. The molecule has 0 saturated carbocycles. The Balaban J connectivity index is 1.95.